The summed E-state index contributed by atoms with van der Waals surface area (Å²) in [7, 11) is -6.89. The summed E-state index contributed by atoms with van der Waals surface area (Å²) in [5.41, 5.74) is -0.271. The van der Waals surface area contributed by atoms with Crippen LogP contribution in [-0.4, -0.2) is 46.5 Å². The quantitative estimate of drug-likeness (QED) is 0.710. The monoisotopic (exact) mass is 319 g/mol. The van der Waals surface area contributed by atoms with Crippen molar-refractivity contribution in [1.29, 1.82) is 0 Å². The first-order valence-electron chi connectivity index (χ1n) is 5.61. The van der Waals surface area contributed by atoms with E-state index in [2.05, 4.69) is 4.72 Å². The number of sulfone groups is 1. The summed E-state index contributed by atoms with van der Waals surface area (Å²) in [6, 6.07) is -0.306. The van der Waals surface area contributed by atoms with E-state index in [1.807, 2.05) is 20.8 Å². The second-order valence-electron chi connectivity index (χ2n) is 5.46. The lowest BCUT2D eigenvalue weighted by molar-refractivity contribution is 0.293. The molecule has 18 heavy (non-hydrogen) atoms. The van der Waals surface area contributed by atoms with Crippen molar-refractivity contribution in [2.75, 3.05) is 23.6 Å². The Labute approximate surface area is 115 Å². The van der Waals surface area contributed by atoms with Crippen molar-refractivity contribution < 1.29 is 16.8 Å². The molecular weight excluding hydrogens is 298 g/mol. The van der Waals surface area contributed by atoms with E-state index < -0.39 is 25.6 Å². The van der Waals surface area contributed by atoms with Gasteiger partial charge >= 0.3 is 0 Å². The molecule has 0 bridgehead atoms. The van der Waals surface area contributed by atoms with E-state index in [1.165, 1.54) is 0 Å². The second kappa shape index (κ2) is 6.54. The van der Waals surface area contributed by atoms with Crippen LogP contribution < -0.4 is 4.72 Å². The lowest BCUT2D eigenvalue weighted by Crippen LogP contribution is -2.45. The molecule has 1 atom stereocenters. The van der Waals surface area contributed by atoms with Gasteiger partial charge in [0.2, 0.25) is 10.0 Å². The fraction of sp³-hybridized carbons (Fsp3) is 1.00. The average molecular weight is 320 g/mol. The molecule has 1 unspecified atom stereocenters. The van der Waals surface area contributed by atoms with Gasteiger partial charge in [0, 0.05) is 18.2 Å². The molecule has 0 heterocycles. The molecule has 0 amide bonds. The summed E-state index contributed by atoms with van der Waals surface area (Å²) in [6.07, 6.45) is 1.52. The molecule has 0 aromatic heterocycles. The van der Waals surface area contributed by atoms with E-state index >= 15 is 0 Å². The first-order chi connectivity index (χ1) is 7.87. The summed E-state index contributed by atoms with van der Waals surface area (Å²) in [5, 5.41) is 0. The average Bonchev–Trinajstić information content (AvgIpc) is 2.12. The molecule has 1 N–H and O–H groups in total. The van der Waals surface area contributed by atoms with Gasteiger partial charge in [0.05, 0.1) is 11.5 Å². The van der Waals surface area contributed by atoms with Gasteiger partial charge in [-0.1, -0.05) is 20.8 Å². The van der Waals surface area contributed by atoms with Crippen molar-refractivity contribution in [3.63, 3.8) is 0 Å². The first kappa shape index (κ1) is 18.1. The van der Waals surface area contributed by atoms with Crippen LogP contribution in [0.2, 0.25) is 0 Å². The number of hydrogen-bond donors (Lipinski definition) is 1. The van der Waals surface area contributed by atoms with Gasteiger partial charge in [-0.15, -0.1) is 11.6 Å². The largest absolute Gasteiger partial charge is 0.229 e. The summed E-state index contributed by atoms with van der Waals surface area (Å²) in [4.78, 5) is 0. The number of alkyl halides is 1. The van der Waals surface area contributed by atoms with Gasteiger partial charge in [-0.05, 0) is 11.8 Å². The zero-order valence-electron chi connectivity index (χ0n) is 11.2. The van der Waals surface area contributed by atoms with Crippen LogP contribution in [0.3, 0.4) is 0 Å². The van der Waals surface area contributed by atoms with Gasteiger partial charge < -0.3 is 0 Å². The van der Waals surface area contributed by atoms with Gasteiger partial charge in [0.1, 0.15) is 9.84 Å². The molecule has 0 radical (unpaired) electrons. The second-order valence-corrected chi connectivity index (χ2v) is 9.97. The molecule has 0 aromatic rings. The highest BCUT2D eigenvalue weighted by atomic mass is 35.5. The van der Waals surface area contributed by atoms with Gasteiger partial charge in [0.15, 0.2) is 0 Å². The minimum atomic E-state index is -3.61. The number of halogens is 1. The third-order valence-corrected chi connectivity index (χ3v) is 5.30. The third-order valence-electron chi connectivity index (χ3n) is 2.49. The van der Waals surface area contributed by atoms with Gasteiger partial charge in [-0.25, -0.2) is 21.6 Å². The topological polar surface area (TPSA) is 80.3 Å². The molecule has 0 rings (SSSR count). The molecule has 0 aromatic carbocycles. The fourth-order valence-electron chi connectivity index (χ4n) is 1.31. The molecule has 0 aliphatic carbocycles. The Balaban J connectivity index is 4.72. The normalized spacial score (nSPS) is 15.6. The number of sulfonamides is 1. The molecule has 0 aliphatic heterocycles. The lowest BCUT2D eigenvalue weighted by atomic mass is 9.86. The van der Waals surface area contributed by atoms with Crippen molar-refractivity contribution in [1.82, 2.24) is 4.72 Å². The first-order valence-corrected chi connectivity index (χ1v) is 9.86. The van der Waals surface area contributed by atoms with Crippen LogP contribution in [0.4, 0.5) is 0 Å². The molecular formula is C10H22ClNO4S2. The number of rotatable bonds is 7. The zero-order valence-corrected chi connectivity index (χ0v) is 13.6. The fourth-order valence-corrected chi connectivity index (χ4v) is 4.64. The maximum atomic E-state index is 11.8. The Hall–Kier alpha value is 0.150. The molecule has 0 saturated carbocycles. The smallest absolute Gasteiger partial charge is 0.212 e. The maximum absolute atomic E-state index is 11.8. The van der Waals surface area contributed by atoms with Crippen molar-refractivity contribution in [3.05, 3.63) is 0 Å². The van der Waals surface area contributed by atoms with Crippen LogP contribution in [0.25, 0.3) is 0 Å². The van der Waals surface area contributed by atoms with Crippen molar-refractivity contribution in [3.8, 4) is 0 Å². The Bertz CT molecular complexity index is 451. The molecule has 0 aliphatic rings. The van der Waals surface area contributed by atoms with Crippen LogP contribution in [0, 0.1) is 5.41 Å². The zero-order chi connectivity index (χ0) is 14.6. The maximum Gasteiger partial charge on any atom is 0.212 e. The highest BCUT2D eigenvalue weighted by molar-refractivity contribution is 7.93. The minimum absolute atomic E-state index is 0.271. The SMILES string of the molecule is CC(C)(C)C(CCCl)NS(=O)(=O)CCS(C)(=O)=O. The van der Waals surface area contributed by atoms with Gasteiger partial charge in [-0.3, -0.25) is 0 Å². The van der Waals surface area contributed by atoms with Crippen LogP contribution in [0.1, 0.15) is 27.2 Å². The van der Waals surface area contributed by atoms with Crippen molar-refractivity contribution >= 4 is 31.5 Å². The van der Waals surface area contributed by atoms with Crippen LogP contribution in [0.5, 0.6) is 0 Å². The molecule has 8 heteroatoms. The van der Waals surface area contributed by atoms with Crippen LogP contribution in [-0.2, 0) is 19.9 Å². The highest BCUT2D eigenvalue weighted by Crippen LogP contribution is 2.23. The number of nitrogens with one attached hydrogen (secondary N) is 1. The van der Waals surface area contributed by atoms with Crippen molar-refractivity contribution in [2.24, 2.45) is 5.41 Å². The van der Waals surface area contributed by atoms with Crippen LogP contribution in [0.15, 0.2) is 0 Å². The number of hydrogen-bond acceptors (Lipinski definition) is 4. The predicted molar refractivity (Wildman–Crippen MR) is 75.2 cm³/mol. The minimum Gasteiger partial charge on any atom is -0.229 e. The van der Waals surface area contributed by atoms with E-state index in [1.54, 1.807) is 0 Å². The summed E-state index contributed by atoms with van der Waals surface area (Å²) in [6.45, 7) is 5.72. The van der Waals surface area contributed by atoms with E-state index in [9.17, 15) is 16.8 Å². The molecule has 0 saturated heterocycles. The summed E-state index contributed by atoms with van der Waals surface area (Å²) < 4.78 is 48.1. The Morgan fingerprint density at radius 3 is 1.94 bits per heavy atom. The Morgan fingerprint density at radius 2 is 1.61 bits per heavy atom. The third kappa shape index (κ3) is 8.29. The summed E-state index contributed by atoms with van der Waals surface area (Å²) >= 11 is 5.65. The predicted octanol–water partition coefficient (Wildman–Crippen LogP) is 0.994. The Morgan fingerprint density at radius 1 is 1.11 bits per heavy atom. The summed E-state index contributed by atoms with van der Waals surface area (Å²) in [5.74, 6) is -0.447. The van der Waals surface area contributed by atoms with Crippen LogP contribution >= 0.6 is 11.6 Å². The van der Waals surface area contributed by atoms with E-state index in [-0.39, 0.29) is 17.2 Å². The van der Waals surface area contributed by atoms with E-state index in [0.717, 1.165) is 6.26 Å². The molecule has 0 spiro atoms. The standard InChI is InChI=1S/C10H22ClNO4S2/c1-10(2,3)9(5-6-11)12-18(15,16)8-7-17(4,13)14/h9,12H,5-8H2,1-4H3. The Kier molecular flexibility index (Phi) is 6.60. The highest BCUT2D eigenvalue weighted by Gasteiger charge is 2.28. The van der Waals surface area contributed by atoms with Gasteiger partial charge in [-0.2, -0.15) is 0 Å². The van der Waals surface area contributed by atoms with E-state index in [4.69, 9.17) is 11.6 Å². The van der Waals surface area contributed by atoms with Gasteiger partial charge in [0.25, 0.3) is 0 Å². The molecule has 0 fully saturated rings. The van der Waals surface area contributed by atoms with E-state index in [0.29, 0.717) is 12.3 Å². The molecule has 110 valence electrons. The van der Waals surface area contributed by atoms with Crippen molar-refractivity contribution in [2.45, 2.75) is 33.2 Å². The molecule has 5 nitrogen and oxygen atoms in total. The lowest BCUT2D eigenvalue weighted by Gasteiger charge is -2.30.